The van der Waals surface area contributed by atoms with Gasteiger partial charge in [0.05, 0.1) is 0 Å². The van der Waals surface area contributed by atoms with Gasteiger partial charge in [-0.2, -0.15) is 0 Å². The highest BCUT2D eigenvalue weighted by molar-refractivity contribution is 9.10. The first-order chi connectivity index (χ1) is 6.24. The smallest absolute Gasteiger partial charge is 0.0210 e. The van der Waals surface area contributed by atoms with Crippen molar-refractivity contribution < 1.29 is 0 Å². The molecule has 0 N–H and O–H groups in total. The predicted molar refractivity (Wildman–Crippen MR) is 62.0 cm³/mol. The number of hydrogen-bond donors (Lipinski definition) is 0. The average Bonchev–Trinajstić information content (AvgIpc) is 2.09. The van der Waals surface area contributed by atoms with Gasteiger partial charge in [0.25, 0.3) is 0 Å². The first-order valence-corrected chi connectivity index (χ1v) is 5.39. The van der Waals surface area contributed by atoms with Crippen LogP contribution in [0.3, 0.4) is 0 Å². The summed E-state index contributed by atoms with van der Waals surface area (Å²) in [7, 11) is 0. The Kier molecular flexibility index (Phi) is 4.23. The average molecular weight is 239 g/mol. The van der Waals surface area contributed by atoms with E-state index in [9.17, 15) is 0 Å². The Morgan fingerprint density at radius 3 is 2.77 bits per heavy atom. The van der Waals surface area contributed by atoms with Crippen molar-refractivity contribution in [3.05, 3.63) is 46.0 Å². The minimum atomic E-state index is 1.12. The summed E-state index contributed by atoms with van der Waals surface area (Å²) >= 11 is 3.58. The normalized spacial score (nSPS) is 11.0. The van der Waals surface area contributed by atoms with Gasteiger partial charge >= 0.3 is 0 Å². The molecular weight excluding hydrogens is 224 g/mol. The molecule has 0 nitrogen and oxygen atoms in total. The van der Waals surface area contributed by atoms with E-state index in [1.165, 1.54) is 15.6 Å². The highest BCUT2D eigenvalue weighted by Crippen LogP contribution is 2.19. The third-order valence-corrected chi connectivity index (χ3v) is 2.76. The number of rotatable bonds is 3. The summed E-state index contributed by atoms with van der Waals surface area (Å²) in [4.78, 5) is 0. The largest absolute Gasteiger partial charge is 0.0917 e. The van der Waals surface area contributed by atoms with Crippen LogP contribution in [0.15, 0.2) is 34.8 Å². The van der Waals surface area contributed by atoms with Crippen molar-refractivity contribution in [2.24, 2.45) is 0 Å². The molecule has 70 valence electrons. The van der Waals surface area contributed by atoms with Crippen LogP contribution >= 0.6 is 15.9 Å². The Labute approximate surface area is 88.8 Å². The van der Waals surface area contributed by atoms with Crippen LogP contribution in [0.4, 0.5) is 0 Å². The number of aryl methyl sites for hydroxylation is 2. The molecule has 0 atom stereocenters. The van der Waals surface area contributed by atoms with Crippen LogP contribution in [0.1, 0.15) is 24.5 Å². The molecule has 0 amide bonds. The molecule has 0 radical (unpaired) electrons. The monoisotopic (exact) mass is 238 g/mol. The Hall–Kier alpha value is -0.560. The third-order valence-electron chi connectivity index (χ3n) is 2.02. The molecule has 13 heavy (non-hydrogen) atoms. The summed E-state index contributed by atoms with van der Waals surface area (Å²) < 4.78 is 1.23. The van der Waals surface area contributed by atoms with Crippen LogP contribution in [0.25, 0.3) is 0 Å². The molecule has 1 aromatic rings. The maximum absolute atomic E-state index is 3.58. The summed E-state index contributed by atoms with van der Waals surface area (Å²) in [5.41, 5.74) is 2.70. The van der Waals surface area contributed by atoms with Gasteiger partial charge in [0, 0.05) is 4.47 Å². The van der Waals surface area contributed by atoms with Crippen molar-refractivity contribution >= 4 is 15.9 Å². The first kappa shape index (κ1) is 10.5. The van der Waals surface area contributed by atoms with E-state index in [0.717, 1.165) is 12.8 Å². The molecule has 0 aliphatic carbocycles. The highest BCUT2D eigenvalue weighted by atomic mass is 79.9. The standard InChI is InChI=1S/C12H15Br/c1-3-4-5-6-11-8-7-10(2)9-12(11)13/h3-4,7-9H,5-6H2,1-2H3/b4-3-. The summed E-state index contributed by atoms with van der Waals surface area (Å²) in [6, 6.07) is 6.53. The number of halogens is 1. The second-order valence-corrected chi connectivity index (χ2v) is 4.06. The maximum atomic E-state index is 3.58. The Morgan fingerprint density at radius 1 is 1.38 bits per heavy atom. The fraction of sp³-hybridized carbons (Fsp3) is 0.333. The van der Waals surface area contributed by atoms with Gasteiger partial charge in [-0.15, -0.1) is 0 Å². The second-order valence-electron chi connectivity index (χ2n) is 3.20. The van der Waals surface area contributed by atoms with Crippen molar-refractivity contribution in [2.75, 3.05) is 0 Å². The van der Waals surface area contributed by atoms with Crippen molar-refractivity contribution in [2.45, 2.75) is 26.7 Å². The van der Waals surface area contributed by atoms with Crippen LogP contribution in [0.5, 0.6) is 0 Å². The van der Waals surface area contributed by atoms with E-state index in [2.05, 4.69) is 60.1 Å². The van der Waals surface area contributed by atoms with Crippen LogP contribution in [-0.4, -0.2) is 0 Å². The summed E-state index contributed by atoms with van der Waals surface area (Å²) in [6.07, 6.45) is 6.54. The second kappa shape index (κ2) is 5.23. The topological polar surface area (TPSA) is 0 Å². The molecule has 0 saturated carbocycles. The zero-order valence-electron chi connectivity index (χ0n) is 8.18. The van der Waals surface area contributed by atoms with Gasteiger partial charge in [-0.3, -0.25) is 0 Å². The molecule has 0 unspecified atom stereocenters. The van der Waals surface area contributed by atoms with Gasteiger partial charge in [0.15, 0.2) is 0 Å². The lowest BCUT2D eigenvalue weighted by Crippen LogP contribution is -1.86. The molecule has 0 aromatic heterocycles. The van der Waals surface area contributed by atoms with Gasteiger partial charge in [-0.05, 0) is 43.9 Å². The zero-order valence-corrected chi connectivity index (χ0v) is 9.76. The Balaban J connectivity index is 2.66. The van der Waals surface area contributed by atoms with Crippen molar-refractivity contribution in [1.29, 1.82) is 0 Å². The van der Waals surface area contributed by atoms with E-state index in [1.54, 1.807) is 0 Å². The zero-order chi connectivity index (χ0) is 9.68. The molecule has 1 heteroatoms. The minimum absolute atomic E-state index is 1.12. The predicted octanol–water partition coefficient (Wildman–Crippen LogP) is 4.27. The van der Waals surface area contributed by atoms with Gasteiger partial charge in [-0.25, -0.2) is 0 Å². The molecule has 1 rings (SSSR count). The van der Waals surface area contributed by atoms with E-state index in [4.69, 9.17) is 0 Å². The van der Waals surface area contributed by atoms with Crippen LogP contribution in [0, 0.1) is 6.92 Å². The molecule has 0 fully saturated rings. The number of hydrogen-bond acceptors (Lipinski definition) is 0. The van der Waals surface area contributed by atoms with E-state index >= 15 is 0 Å². The maximum Gasteiger partial charge on any atom is 0.0210 e. The summed E-state index contributed by atoms with van der Waals surface area (Å²) in [6.45, 7) is 4.17. The van der Waals surface area contributed by atoms with Crippen molar-refractivity contribution in [3.8, 4) is 0 Å². The fourth-order valence-electron chi connectivity index (χ4n) is 1.26. The van der Waals surface area contributed by atoms with Gasteiger partial charge in [-0.1, -0.05) is 40.2 Å². The SMILES string of the molecule is C/C=C\CCc1ccc(C)cc1Br. The van der Waals surface area contributed by atoms with Crippen LogP contribution < -0.4 is 0 Å². The molecule has 1 aromatic carbocycles. The summed E-state index contributed by atoms with van der Waals surface area (Å²) in [5, 5.41) is 0. The highest BCUT2D eigenvalue weighted by Gasteiger charge is 1.97. The first-order valence-electron chi connectivity index (χ1n) is 4.60. The molecule has 0 aliphatic heterocycles. The quantitative estimate of drug-likeness (QED) is 0.691. The minimum Gasteiger partial charge on any atom is -0.0917 e. The van der Waals surface area contributed by atoms with Crippen molar-refractivity contribution in [3.63, 3.8) is 0 Å². The Bertz CT molecular complexity index is 300. The van der Waals surface area contributed by atoms with E-state index in [0.29, 0.717) is 0 Å². The van der Waals surface area contributed by atoms with E-state index in [1.807, 2.05) is 0 Å². The lowest BCUT2D eigenvalue weighted by Gasteiger charge is -2.03. The van der Waals surface area contributed by atoms with E-state index < -0.39 is 0 Å². The van der Waals surface area contributed by atoms with Gasteiger partial charge in [0.2, 0.25) is 0 Å². The lowest BCUT2D eigenvalue weighted by molar-refractivity contribution is 0.991. The number of allylic oxidation sites excluding steroid dienone is 2. The van der Waals surface area contributed by atoms with Crippen LogP contribution in [-0.2, 0) is 6.42 Å². The lowest BCUT2D eigenvalue weighted by atomic mass is 10.1. The molecule has 0 bridgehead atoms. The van der Waals surface area contributed by atoms with E-state index in [-0.39, 0.29) is 0 Å². The Morgan fingerprint density at radius 2 is 2.15 bits per heavy atom. The third kappa shape index (κ3) is 3.35. The molecule has 0 aliphatic rings. The fourth-order valence-corrected chi connectivity index (χ4v) is 1.95. The molecular formula is C12H15Br. The van der Waals surface area contributed by atoms with Gasteiger partial charge in [0.1, 0.15) is 0 Å². The molecule has 0 spiro atoms. The van der Waals surface area contributed by atoms with Crippen LogP contribution in [0.2, 0.25) is 0 Å². The molecule has 0 saturated heterocycles. The van der Waals surface area contributed by atoms with Crippen molar-refractivity contribution in [1.82, 2.24) is 0 Å². The van der Waals surface area contributed by atoms with Gasteiger partial charge < -0.3 is 0 Å². The summed E-state index contributed by atoms with van der Waals surface area (Å²) in [5.74, 6) is 0. The number of benzene rings is 1. The molecule has 0 heterocycles.